The molecule has 0 radical (unpaired) electrons. The number of aryl methyl sites for hydroxylation is 2. The van der Waals surface area contributed by atoms with E-state index in [0.717, 1.165) is 61.9 Å². The average molecular weight is 666 g/mol. The van der Waals surface area contributed by atoms with Gasteiger partial charge in [-0.25, -0.2) is 18.1 Å². The summed E-state index contributed by atoms with van der Waals surface area (Å²) in [5, 5.41) is 0. The molecule has 1 saturated carbocycles. The van der Waals surface area contributed by atoms with Gasteiger partial charge in [-0.15, -0.1) is 0 Å². The molecule has 2 aromatic carbocycles. The molecule has 0 amide bonds. The van der Waals surface area contributed by atoms with Gasteiger partial charge in [0, 0.05) is 49.0 Å². The summed E-state index contributed by atoms with van der Waals surface area (Å²) in [6.45, 7) is 10.5. The van der Waals surface area contributed by atoms with E-state index in [1.807, 2.05) is 32.0 Å². The standard InChI is InChI=1S/C36H51N5O5S/c1-25(2)20-31(41(6)30-16-14-29(15-17-30)40(5)18-19-45-7)24-46-34-22-33(35-26(3)10-8-11-27(35)4)37-36(38-34)39-47(43,44)32-13-9-12-28(21-32)23-42/h8-13,21-23,25,29-31H,14-20,24H2,1-7H3,(H,37,38,39)/t29-,30-,31-/m1/s1. The van der Waals surface area contributed by atoms with Crippen molar-refractivity contribution in [1.29, 1.82) is 0 Å². The molecule has 4 rings (SSSR count). The highest BCUT2D eigenvalue weighted by atomic mass is 32.2. The number of hydrogen-bond donors (Lipinski definition) is 1. The number of likely N-dealkylation sites (N-methyl/N-ethyl adjacent to an activating group) is 2. The lowest BCUT2D eigenvalue weighted by Gasteiger charge is -2.41. The summed E-state index contributed by atoms with van der Waals surface area (Å²) >= 11 is 0. The van der Waals surface area contributed by atoms with Crippen molar-refractivity contribution < 1.29 is 22.7 Å². The molecule has 0 saturated heterocycles. The number of nitrogens with zero attached hydrogens (tertiary/aromatic N) is 4. The molecule has 1 heterocycles. The molecule has 0 spiro atoms. The van der Waals surface area contributed by atoms with Gasteiger partial charge in [-0.3, -0.25) is 9.69 Å². The summed E-state index contributed by atoms with van der Waals surface area (Å²) < 4.78 is 41.0. The predicted molar refractivity (Wildman–Crippen MR) is 187 cm³/mol. The molecule has 1 atom stereocenters. The zero-order valence-corrected chi connectivity index (χ0v) is 29.7. The van der Waals surface area contributed by atoms with Gasteiger partial charge in [-0.2, -0.15) is 4.98 Å². The van der Waals surface area contributed by atoms with Gasteiger partial charge in [0.15, 0.2) is 0 Å². The van der Waals surface area contributed by atoms with Crippen LogP contribution in [-0.2, 0) is 14.8 Å². The first-order valence-electron chi connectivity index (χ1n) is 16.5. The number of ether oxygens (including phenoxy) is 2. The maximum atomic E-state index is 13.4. The summed E-state index contributed by atoms with van der Waals surface area (Å²) in [7, 11) is 2.05. The number of aldehydes is 1. The predicted octanol–water partition coefficient (Wildman–Crippen LogP) is 5.99. The van der Waals surface area contributed by atoms with Crippen LogP contribution in [0.1, 0.15) is 67.4 Å². The number of carbonyl (C=O) groups is 1. The first kappa shape index (κ1) is 36.5. The fraction of sp³-hybridized carbons (Fsp3) is 0.528. The van der Waals surface area contributed by atoms with Gasteiger partial charge in [0.25, 0.3) is 10.0 Å². The maximum Gasteiger partial charge on any atom is 0.264 e. The van der Waals surface area contributed by atoms with Gasteiger partial charge in [0.1, 0.15) is 12.9 Å². The zero-order valence-electron chi connectivity index (χ0n) is 28.9. The monoisotopic (exact) mass is 665 g/mol. The topological polar surface area (TPSA) is 114 Å². The molecule has 256 valence electrons. The highest BCUT2D eigenvalue weighted by molar-refractivity contribution is 7.92. The number of nitrogens with one attached hydrogen (secondary N) is 1. The van der Waals surface area contributed by atoms with Crippen LogP contribution in [-0.4, -0.2) is 93.6 Å². The molecule has 1 aromatic heterocycles. The summed E-state index contributed by atoms with van der Waals surface area (Å²) in [4.78, 5) is 25.3. The molecule has 0 aliphatic heterocycles. The summed E-state index contributed by atoms with van der Waals surface area (Å²) in [5.74, 6) is 0.659. The lowest BCUT2D eigenvalue weighted by atomic mass is 9.88. The average Bonchev–Trinajstić information content (AvgIpc) is 3.04. The molecule has 0 unspecified atom stereocenters. The summed E-state index contributed by atoms with van der Waals surface area (Å²) in [6.07, 6.45) is 6.10. The number of benzene rings is 2. The van der Waals surface area contributed by atoms with Crippen LogP contribution in [0.25, 0.3) is 11.3 Å². The molecule has 1 aliphatic carbocycles. The number of anilines is 1. The van der Waals surface area contributed by atoms with Crippen LogP contribution in [0.3, 0.4) is 0 Å². The fourth-order valence-electron chi connectivity index (χ4n) is 6.53. The molecule has 1 fully saturated rings. The van der Waals surface area contributed by atoms with E-state index in [9.17, 15) is 13.2 Å². The largest absolute Gasteiger partial charge is 0.476 e. The maximum absolute atomic E-state index is 13.4. The van der Waals surface area contributed by atoms with E-state index < -0.39 is 10.0 Å². The van der Waals surface area contributed by atoms with Gasteiger partial charge in [-0.1, -0.05) is 44.2 Å². The second-order valence-electron chi connectivity index (χ2n) is 13.2. The Morgan fingerprint density at radius 1 is 0.979 bits per heavy atom. The van der Waals surface area contributed by atoms with Gasteiger partial charge in [0.05, 0.1) is 17.2 Å². The third-order valence-corrected chi connectivity index (χ3v) is 10.6. The van der Waals surface area contributed by atoms with E-state index >= 15 is 0 Å². The molecular formula is C36H51N5O5S. The zero-order chi connectivity index (χ0) is 34.1. The summed E-state index contributed by atoms with van der Waals surface area (Å²) in [5.41, 5.74) is 3.72. The molecule has 0 bridgehead atoms. The van der Waals surface area contributed by atoms with Crippen LogP contribution in [0.2, 0.25) is 0 Å². The Bertz CT molecular complexity index is 1570. The Morgan fingerprint density at radius 2 is 1.64 bits per heavy atom. The molecule has 1 N–H and O–H groups in total. The van der Waals surface area contributed by atoms with Crippen molar-refractivity contribution in [3.63, 3.8) is 0 Å². The summed E-state index contributed by atoms with van der Waals surface area (Å²) in [6, 6.07) is 14.8. The van der Waals surface area contributed by atoms with Crippen molar-refractivity contribution in [2.24, 2.45) is 5.92 Å². The minimum atomic E-state index is -4.08. The fourth-order valence-corrected chi connectivity index (χ4v) is 7.52. The highest BCUT2D eigenvalue weighted by Crippen LogP contribution is 2.31. The minimum absolute atomic E-state index is 0.0520. The first-order chi connectivity index (χ1) is 22.4. The van der Waals surface area contributed by atoms with Crippen LogP contribution in [0.4, 0.5) is 5.95 Å². The molecule has 10 nitrogen and oxygen atoms in total. The van der Waals surface area contributed by atoms with E-state index in [2.05, 4.69) is 52.4 Å². The van der Waals surface area contributed by atoms with Crippen LogP contribution in [0.15, 0.2) is 53.4 Å². The quantitative estimate of drug-likeness (QED) is 0.184. The Kier molecular flexibility index (Phi) is 12.9. The number of carbonyl (C=O) groups excluding carboxylic acids is 1. The van der Waals surface area contributed by atoms with Gasteiger partial charge in [-0.05, 0) is 89.2 Å². The van der Waals surface area contributed by atoms with Crippen LogP contribution < -0.4 is 9.46 Å². The number of sulfonamides is 1. The number of hydrogen-bond acceptors (Lipinski definition) is 9. The Morgan fingerprint density at radius 3 is 2.28 bits per heavy atom. The van der Waals surface area contributed by atoms with Gasteiger partial charge < -0.3 is 14.4 Å². The van der Waals surface area contributed by atoms with Crippen molar-refractivity contribution >= 4 is 22.3 Å². The van der Waals surface area contributed by atoms with Crippen LogP contribution in [0.5, 0.6) is 5.88 Å². The number of aromatic nitrogens is 2. The smallest absolute Gasteiger partial charge is 0.264 e. The number of methoxy groups -OCH3 is 1. The molecular weight excluding hydrogens is 614 g/mol. The Labute approximate surface area is 280 Å². The Hall–Kier alpha value is -3.38. The van der Waals surface area contributed by atoms with E-state index in [1.54, 1.807) is 19.2 Å². The van der Waals surface area contributed by atoms with E-state index in [0.29, 0.717) is 42.5 Å². The molecule has 1 aliphatic rings. The lowest BCUT2D eigenvalue weighted by molar-refractivity contribution is 0.0581. The van der Waals surface area contributed by atoms with Crippen molar-refractivity contribution in [3.05, 3.63) is 65.2 Å². The van der Waals surface area contributed by atoms with Crippen molar-refractivity contribution in [2.75, 3.05) is 45.7 Å². The molecule has 3 aromatic rings. The second-order valence-corrected chi connectivity index (χ2v) is 14.9. The molecule has 47 heavy (non-hydrogen) atoms. The third-order valence-electron chi connectivity index (χ3n) is 9.23. The van der Waals surface area contributed by atoms with Crippen LogP contribution >= 0.6 is 0 Å². The Balaban J connectivity index is 1.58. The number of rotatable bonds is 16. The van der Waals surface area contributed by atoms with E-state index in [4.69, 9.17) is 9.47 Å². The van der Waals surface area contributed by atoms with E-state index in [1.165, 1.54) is 18.2 Å². The normalized spacial score (nSPS) is 17.7. The minimum Gasteiger partial charge on any atom is -0.476 e. The van der Waals surface area contributed by atoms with Crippen molar-refractivity contribution in [1.82, 2.24) is 19.8 Å². The second kappa shape index (κ2) is 16.6. The van der Waals surface area contributed by atoms with E-state index in [-0.39, 0.29) is 22.4 Å². The SMILES string of the molecule is COCCN(C)[C@H]1CC[C@H](N(C)[C@@H](COc2cc(-c3c(C)cccc3C)nc(NS(=O)(=O)c3cccc(C=O)c3)n2)CC(C)C)CC1. The lowest BCUT2D eigenvalue weighted by Crippen LogP contribution is -2.48. The first-order valence-corrected chi connectivity index (χ1v) is 18.0. The van der Waals surface area contributed by atoms with Gasteiger partial charge >= 0.3 is 0 Å². The highest BCUT2D eigenvalue weighted by Gasteiger charge is 2.30. The molecule has 11 heteroatoms. The van der Waals surface area contributed by atoms with Crippen LogP contribution in [0, 0.1) is 19.8 Å². The van der Waals surface area contributed by atoms with Crippen molar-refractivity contribution in [2.45, 2.75) is 82.8 Å². The third kappa shape index (κ3) is 9.82. The van der Waals surface area contributed by atoms with Gasteiger partial charge in [0.2, 0.25) is 11.8 Å². The van der Waals surface area contributed by atoms with Crippen molar-refractivity contribution in [3.8, 4) is 17.1 Å².